The van der Waals surface area contributed by atoms with E-state index in [1.807, 2.05) is 39.8 Å². The second kappa shape index (κ2) is 4.63. The molecule has 2 N–H and O–H groups in total. The number of hydrogen-bond acceptors (Lipinski definition) is 3. The molecule has 0 aromatic carbocycles. The van der Waals surface area contributed by atoms with E-state index in [-0.39, 0.29) is 11.9 Å². The zero-order valence-electron chi connectivity index (χ0n) is 11.6. The first kappa shape index (κ1) is 14.1. The van der Waals surface area contributed by atoms with Crippen molar-refractivity contribution >= 4 is 23.2 Å². The van der Waals surface area contributed by atoms with Crippen LogP contribution in [0.1, 0.15) is 36.6 Å². The molecule has 1 aromatic heterocycles. The Bertz CT molecular complexity index is 521. The Hall–Kier alpha value is -1.36. The fraction of sp³-hybridized carbons (Fsp3) is 0.571. The van der Waals surface area contributed by atoms with Crippen LogP contribution in [-0.4, -0.2) is 17.0 Å². The van der Waals surface area contributed by atoms with Crippen LogP contribution in [0, 0.1) is 24.2 Å². The number of nitrogens with one attached hydrogen (secondary N) is 1. The number of carboxylic acids is 1. The van der Waals surface area contributed by atoms with Crippen molar-refractivity contribution in [3.05, 3.63) is 21.9 Å². The maximum Gasteiger partial charge on any atom is 0.307 e. The molecule has 0 saturated heterocycles. The van der Waals surface area contributed by atoms with Crippen LogP contribution in [-0.2, 0) is 9.59 Å². The largest absolute Gasteiger partial charge is 0.481 e. The van der Waals surface area contributed by atoms with Gasteiger partial charge in [0.15, 0.2) is 0 Å². The van der Waals surface area contributed by atoms with Gasteiger partial charge in [-0.05, 0) is 31.4 Å². The summed E-state index contributed by atoms with van der Waals surface area (Å²) in [7, 11) is 0. The lowest BCUT2D eigenvalue weighted by molar-refractivity contribution is -0.140. The van der Waals surface area contributed by atoms with Crippen LogP contribution in [0.25, 0.3) is 0 Å². The molecule has 1 heterocycles. The lowest BCUT2D eigenvalue weighted by atomic mass is 10.1. The molecule has 104 valence electrons. The number of carbonyl (C=O) groups excluding carboxylic acids is 1. The standard InChI is InChI=1S/C14H19NO3S/c1-7-5-6-9(19-7)8(2)15-12(16)10-11(13(17)18)14(10,3)4/h5-6,8,10-11H,1-4H3,(H,15,16)(H,17,18)/t8?,10-,11+/m1/s1. The Labute approximate surface area is 116 Å². The number of carboxylic acid groups (broad SMARTS) is 1. The molecule has 0 bridgehead atoms. The van der Waals surface area contributed by atoms with Gasteiger partial charge in [0.2, 0.25) is 5.91 Å². The van der Waals surface area contributed by atoms with Crippen LogP contribution in [0.15, 0.2) is 12.1 Å². The third-order valence-corrected chi connectivity index (χ3v) is 5.11. The maximum absolute atomic E-state index is 12.2. The second-order valence-electron chi connectivity index (χ2n) is 5.79. The number of amides is 1. The Morgan fingerprint density at radius 1 is 1.37 bits per heavy atom. The summed E-state index contributed by atoms with van der Waals surface area (Å²) in [6, 6.07) is 3.94. The van der Waals surface area contributed by atoms with E-state index in [1.54, 1.807) is 11.3 Å². The smallest absolute Gasteiger partial charge is 0.307 e. The minimum absolute atomic E-state index is 0.0722. The number of carbonyl (C=O) groups is 2. The van der Waals surface area contributed by atoms with Crippen molar-refractivity contribution in [2.75, 3.05) is 0 Å². The average Bonchev–Trinajstić information content (AvgIpc) is 2.65. The molecule has 5 heteroatoms. The van der Waals surface area contributed by atoms with Gasteiger partial charge in [0, 0.05) is 9.75 Å². The molecule has 3 atom stereocenters. The molecule has 0 aliphatic heterocycles. The fourth-order valence-electron chi connectivity index (χ4n) is 2.65. The van der Waals surface area contributed by atoms with Gasteiger partial charge in [-0.1, -0.05) is 13.8 Å². The Balaban J connectivity index is 2.01. The SMILES string of the molecule is Cc1ccc(C(C)NC(=O)[C@H]2[C@@H](C(=O)O)C2(C)C)s1. The quantitative estimate of drug-likeness (QED) is 0.891. The molecule has 19 heavy (non-hydrogen) atoms. The molecule has 1 fully saturated rings. The first-order valence-corrected chi connectivity index (χ1v) is 7.16. The molecule has 4 nitrogen and oxygen atoms in total. The monoisotopic (exact) mass is 281 g/mol. The number of rotatable bonds is 4. The molecule has 1 saturated carbocycles. The molecular formula is C14H19NO3S. The second-order valence-corrected chi connectivity index (χ2v) is 7.11. The zero-order chi connectivity index (χ0) is 14.4. The van der Waals surface area contributed by atoms with Crippen molar-refractivity contribution in [1.82, 2.24) is 5.32 Å². The number of hydrogen-bond donors (Lipinski definition) is 2. The van der Waals surface area contributed by atoms with Crippen molar-refractivity contribution < 1.29 is 14.7 Å². The summed E-state index contributed by atoms with van der Waals surface area (Å²) < 4.78 is 0. The summed E-state index contributed by atoms with van der Waals surface area (Å²) in [5.74, 6) is -2.03. The molecule has 0 spiro atoms. The highest BCUT2D eigenvalue weighted by molar-refractivity contribution is 7.12. The molecule has 2 rings (SSSR count). The minimum atomic E-state index is -0.884. The van der Waals surface area contributed by atoms with E-state index >= 15 is 0 Å². The molecule has 1 aromatic rings. The van der Waals surface area contributed by atoms with Crippen LogP contribution >= 0.6 is 11.3 Å². The zero-order valence-corrected chi connectivity index (χ0v) is 12.4. The first-order chi connectivity index (χ1) is 8.75. The van der Waals surface area contributed by atoms with Gasteiger partial charge < -0.3 is 10.4 Å². The summed E-state index contributed by atoms with van der Waals surface area (Å²) in [4.78, 5) is 25.5. The molecule has 1 aliphatic carbocycles. The Kier molecular flexibility index (Phi) is 3.43. The molecule has 1 amide bonds. The van der Waals surface area contributed by atoms with Gasteiger partial charge in [-0.3, -0.25) is 9.59 Å². The maximum atomic E-state index is 12.2. The molecule has 0 radical (unpaired) electrons. The van der Waals surface area contributed by atoms with Gasteiger partial charge >= 0.3 is 5.97 Å². The Morgan fingerprint density at radius 3 is 2.42 bits per heavy atom. The van der Waals surface area contributed by atoms with Crippen LogP contribution in [0.5, 0.6) is 0 Å². The summed E-state index contributed by atoms with van der Waals surface area (Å²) in [5, 5.41) is 12.0. The van der Waals surface area contributed by atoms with E-state index in [9.17, 15) is 9.59 Å². The van der Waals surface area contributed by atoms with Crippen molar-refractivity contribution in [1.29, 1.82) is 0 Å². The van der Waals surface area contributed by atoms with Crippen molar-refractivity contribution in [3.8, 4) is 0 Å². The number of aliphatic carboxylic acids is 1. The fourth-order valence-corrected chi connectivity index (χ4v) is 3.53. The molecule has 1 aliphatic rings. The lowest BCUT2D eigenvalue weighted by Gasteiger charge is -2.12. The topological polar surface area (TPSA) is 66.4 Å². The predicted molar refractivity (Wildman–Crippen MR) is 74.0 cm³/mol. The highest BCUT2D eigenvalue weighted by Gasteiger charge is 2.65. The third-order valence-electron chi connectivity index (χ3n) is 3.92. The predicted octanol–water partition coefficient (Wildman–Crippen LogP) is 2.59. The van der Waals surface area contributed by atoms with E-state index in [0.717, 1.165) is 4.88 Å². The molecule has 1 unspecified atom stereocenters. The van der Waals surface area contributed by atoms with E-state index in [2.05, 4.69) is 5.32 Å². The normalized spacial score (nSPS) is 25.7. The summed E-state index contributed by atoms with van der Waals surface area (Å²) >= 11 is 1.65. The number of thiophene rings is 1. The van der Waals surface area contributed by atoms with Crippen LogP contribution < -0.4 is 5.32 Å². The summed E-state index contributed by atoms with van der Waals surface area (Å²) in [6.45, 7) is 7.60. The van der Waals surface area contributed by atoms with Crippen LogP contribution in [0.2, 0.25) is 0 Å². The van der Waals surface area contributed by atoms with Crippen LogP contribution in [0.4, 0.5) is 0 Å². The van der Waals surface area contributed by atoms with Gasteiger partial charge in [0.25, 0.3) is 0 Å². The van der Waals surface area contributed by atoms with Crippen molar-refractivity contribution in [2.24, 2.45) is 17.3 Å². The van der Waals surface area contributed by atoms with E-state index in [4.69, 9.17) is 5.11 Å². The highest BCUT2D eigenvalue weighted by atomic mass is 32.1. The van der Waals surface area contributed by atoms with Gasteiger partial charge in [-0.2, -0.15) is 0 Å². The minimum Gasteiger partial charge on any atom is -0.481 e. The van der Waals surface area contributed by atoms with Crippen molar-refractivity contribution in [3.63, 3.8) is 0 Å². The molecular weight excluding hydrogens is 262 g/mol. The lowest BCUT2D eigenvalue weighted by Crippen LogP contribution is -2.29. The average molecular weight is 281 g/mol. The van der Waals surface area contributed by atoms with Gasteiger partial charge in [0.05, 0.1) is 17.9 Å². The van der Waals surface area contributed by atoms with Gasteiger partial charge in [-0.25, -0.2) is 0 Å². The van der Waals surface area contributed by atoms with E-state index in [0.29, 0.717) is 0 Å². The van der Waals surface area contributed by atoms with Gasteiger partial charge in [-0.15, -0.1) is 11.3 Å². The van der Waals surface area contributed by atoms with Crippen LogP contribution in [0.3, 0.4) is 0 Å². The highest BCUT2D eigenvalue weighted by Crippen LogP contribution is 2.58. The summed E-state index contributed by atoms with van der Waals surface area (Å²) in [6.07, 6.45) is 0. The number of aryl methyl sites for hydroxylation is 1. The van der Waals surface area contributed by atoms with E-state index < -0.39 is 23.2 Å². The summed E-state index contributed by atoms with van der Waals surface area (Å²) in [5.41, 5.74) is -0.443. The van der Waals surface area contributed by atoms with E-state index in [1.165, 1.54) is 4.88 Å². The van der Waals surface area contributed by atoms with Crippen molar-refractivity contribution in [2.45, 2.75) is 33.7 Å². The first-order valence-electron chi connectivity index (χ1n) is 6.34. The van der Waals surface area contributed by atoms with Gasteiger partial charge in [0.1, 0.15) is 0 Å². The third kappa shape index (κ3) is 2.52. The Morgan fingerprint density at radius 2 is 2.00 bits per heavy atom.